The van der Waals surface area contributed by atoms with E-state index < -0.39 is 37.6 Å². The molecular weight excluding hydrogens is 228 g/mol. The van der Waals surface area contributed by atoms with Crippen molar-refractivity contribution in [2.24, 2.45) is 0 Å². The Morgan fingerprint density at radius 2 is 1.93 bits per heavy atom. The molecule has 0 aromatic carbocycles. The predicted molar refractivity (Wildman–Crippen MR) is 44.3 cm³/mol. The van der Waals surface area contributed by atoms with E-state index in [0.29, 0.717) is 0 Å². The molecule has 0 bridgehead atoms. The second kappa shape index (κ2) is 2.76. The lowest BCUT2D eigenvalue weighted by molar-refractivity contribution is -0.597. The number of imide groups is 1. The van der Waals surface area contributed by atoms with Crippen LogP contribution in [0.4, 0.5) is 0 Å². The molecule has 2 rings (SSSR count). The second-order valence-corrected chi connectivity index (χ2v) is 5.78. The molecular formula is C6H8N2O6S. The lowest BCUT2D eigenvalue weighted by Gasteiger charge is -2.22. The fourth-order valence-electron chi connectivity index (χ4n) is 1.39. The number of hydrogen-bond donors (Lipinski definition) is 1. The van der Waals surface area contributed by atoms with Gasteiger partial charge in [-0.2, -0.15) is 13.5 Å². The fraction of sp³-hybridized carbons (Fsp3) is 0.667. The first-order valence-corrected chi connectivity index (χ1v) is 5.68. The molecule has 9 heteroatoms. The lowest BCUT2D eigenvalue weighted by atomic mass is 10.4. The number of sulfonamides is 1. The molecule has 2 saturated heterocycles. The number of carbonyl (C=O) groups is 2. The molecule has 2 heterocycles. The standard InChI is InChI=1S/C6H8N2O6S/c9-5-3-4(6(10)7(5)11)15(13,14)8(12)1-2-8/h4,11H,1-3H2. The summed E-state index contributed by atoms with van der Waals surface area (Å²) in [7, 11) is -4.27. The molecule has 2 amide bonds. The minimum Gasteiger partial charge on any atom is -0.616 e. The second-order valence-electron chi connectivity index (χ2n) is 3.51. The number of hydrogen-bond acceptors (Lipinski definition) is 6. The van der Waals surface area contributed by atoms with Crippen LogP contribution in [0, 0.1) is 5.21 Å². The summed E-state index contributed by atoms with van der Waals surface area (Å²) in [6.07, 6.45) is -0.653. The highest BCUT2D eigenvalue weighted by Gasteiger charge is 2.57. The number of nitrogens with zero attached hydrogens (tertiary/aromatic N) is 2. The zero-order valence-electron chi connectivity index (χ0n) is 7.49. The maximum Gasteiger partial charge on any atom is 0.309 e. The summed E-state index contributed by atoms with van der Waals surface area (Å²) in [4.78, 5) is 22.0. The van der Waals surface area contributed by atoms with E-state index in [4.69, 9.17) is 5.21 Å². The predicted octanol–water partition coefficient (Wildman–Crippen LogP) is -1.84. The first-order valence-electron chi connectivity index (χ1n) is 4.17. The third-order valence-corrected chi connectivity index (χ3v) is 4.87. The first-order chi connectivity index (χ1) is 6.79. The quantitative estimate of drug-likeness (QED) is 0.198. The molecule has 1 N–H and O–H groups in total. The summed E-state index contributed by atoms with van der Waals surface area (Å²) >= 11 is 0. The van der Waals surface area contributed by atoms with Gasteiger partial charge < -0.3 is 5.21 Å². The Bertz CT molecular complexity index is 439. The van der Waals surface area contributed by atoms with Crippen molar-refractivity contribution in [3.05, 3.63) is 5.21 Å². The van der Waals surface area contributed by atoms with Gasteiger partial charge >= 0.3 is 10.0 Å². The Morgan fingerprint density at radius 1 is 1.40 bits per heavy atom. The van der Waals surface area contributed by atoms with E-state index in [-0.39, 0.29) is 18.2 Å². The Kier molecular flexibility index (Phi) is 1.93. The van der Waals surface area contributed by atoms with Crippen molar-refractivity contribution in [2.75, 3.05) is 13.1 Å². The van der Waals surface area contributed by atoms with Crippen LogP contribution in [0.15, 0.2) is 0 Å². The summed E-state index contributed by atoms with van der Waals surface area (Å²) in [5.74, 6) is -2.23. The highest BCUT2D eigenvalue weighted by atomic mass is 32.2. The van der Waals surface area contributed by atoms with Crippen molar-refractivity contribution in [2.45, 2.75) is 11.7 Å². The van der Waals surface area contributed by atoms with Crippen LogP contribution >= 0.6 is 0 Å². The highest BCUT2D eigenvalue weighted by Crippen LogP contribution is 2.32. The molecule has 0 aliphatic carbocycles. The van der Waals surface area contributed by atoms with E-state index in [9.17, 15) is 23.2 Å². The van der Waals surface area contributed by atoms with E-state index in [1.165, 1.54) is 0 Å². The van der Waals surface area contributed by atoms with Gasteiger partial charge in [-0.05, 0) is 0 Å². The van der Waals surface area contributed by atoms with Crippen molar-refractivity contribution in [3.63, 3.8) is 0 Å². The molecule has 84 valence electrons. The van der Waals surface area contributed by atoms with Crippen LogP contribution in [0.2, 0.25) is 0 Å². The van der Waals surface area contributed by atoms with Crippen molar-refractivity contribution in [1.82, 2.24) is 5.06 Å². The minimum absolute atomic E-state index is 0.105. The van der Waals surface area contributed by atoms with Crippen LogP contribution < -0.4 is 0 Å². The number of amides is 2. The van der Waals surface area contributed by atoms with Gasteiger partial charge in [0.25, 0.3) is 11.8 Å². The highest BCUT2D eigenvalue weighted by molar-refractivity contribution is 7.87. The monoisotopic (exact) mass is 236 g/mol. The topological polar surface area (TPSA) is 115 Å². The molecule has 2 fully saturated rings. The van der Waals surface area contributed by atoms with E-state index in [0.717, 1.165) is 0 Å². The molecule has 1 atom stereocenters. The van der Waals surface area contributed by atoms with Crippen LogP contribution in [0.25, 0.3) is 0 Å². The van der Waals surface area contributed by atoms with Gasteiger partial charge in [-0.1, -0.05) is 0 Å². The smallest absolute Gasteiger partial charge is 0.309 e. The molecule has 0 spiro atoms. The number of carbonyl (C=O) groups excluding carboxylic acids is 2. The van der Waals surface area contributed by atoms with Crippen molar-refractivity contribution in [3.8, 4) is 0 Å². The molecule has 1 unspecified atom stereocenters. The third-order valence-electron chi connectivity index (χ3n) is 2.49. The Hall–Kier alpha value is -1.03. The summed E-state index contributed by atoms with van der Waals surface area (Å²) in [6.45, 7) is -0.211. The summed E-state index contributed by atoms with van der Waals surface area (Å²) in [5.41, 5.74) is 0. The number of hydroxylamine groups is 4. The zero-order chi connectivity index (χ0) is 11.4. The van der Waals surface area contributed by atoms with Gasteiger partial charge in [0, 0.05) is 0 Å². The van der Waals surface area contributed by atoms with E-state index in [1.807, 2.05) is 0 Å². The van der Waals surface area contributed by atoms with Crippen LogP contribution in [-0.2, 0) is 19.6 Å². The zero-order valence-corrected chi connectivity index (χ0v) is 8.31. The average Bonchev–Trinajstić information content (AvgIpc) is 2.86. The van der Waals surface area contributed by atoms with Crippen molar-refractivity contribution >= 4 is 21.8 Å². The fourth-order valence-corrected chi connectivity index (χ4v) is 3.15. The van der Waals surface area contributed by atoms with E-state index in [2.05, 4.69) is 0 Å². The lowest BCUT2D eigenvalue weighted by Crippen LogP contribution is -2.41. The Morgan fingerprint density at radius 3 is 2.27 bits per heavy atom. The van der Waals surface area contributed by atoms with Gasteiger partial charge in [-0.3, -0.25) is 14.8 Å². The van der Waals surface area contributed by atoms with Gasteiger partial charge in [0.15, 0.2) is 0 Å². The molecule has 0 aromatic heterocycles. The van der Waals surface area contributed by atoms with Crippen LogP contribution in [-0.4, -0.2) is 52.9 Å². The first kappa shape index (κ1) is 10.5. The van der Waals surface area contributed by atoms with E-state index in [1.54, 1.807) is 0 Å². The summed E-state index contributed by atoms with van der Waals surface area (Å²) in [5, 5.41) is 18.2. The molecule has 0 aromatic rings. The molecule has 0 saturated carbocycles. The van der Waals surface area contributed by atoms with E-state index >= 15 is 0 Å². The largest absolute Gasteiger partial charge is 0.616 e. The maximum absolute atomic E-state index is 11.6. The third kappa shape index (κ3) is 1.28. The van der Waals surface area contributed by atoms with Gasteiger partial charge in [-0.15, -0.1) is 0 Å². The molecule has 0 radical (unpaired) electrons. The minimum atomic E-state index is -4.27. The van der Waals surface area contributed by atoms with Crippen LogP contribution in [0.3, 0.4) is 0 Å². The summed E-state index contributed by atoms with van der Waals surface area (Å²) in [6, 6.07) is 0. The molecule has 2 aliphatic rings. The van der Waals surface area contributed by atoms with Gasteiger partial charge in [0.2, 0.25) is 5.25 Å². The Labute approximate surface area is 84.9 Å². The normalized spacial score (nSPS) is 29.7. The number of rotatable bonds is 2. The molecule has 15 heavy (non-hydrogen) atoms. The van der Waals surface area contributed by atoms with Crippen molar-refractivity contribution in [1.29, 1.82) is 0 Å². The summed E-state index contributed by atoms with van der Waals surface area (Å²) < 4.78 is 21.7. The molecule has 8 nitrogen and oxygen atoms in total. The van der Waals surface area contributed by atoms with Gasteiger partial charge in [0.05, 0.1) is 6.42 Å². The average molecular weight is 236 g/mol. The maximum atomic E-state index is 11.6. The number of quaternary nitrogens is 1. The van der Waals surface area contributed by atoms with Gasteiger partial charge in [-0.25, -0.2) is 4.05 Å². The van der Waals surface area contributed by atoms with Crippen LogP contribution in [0.5, 0.6) is 0 Å². The van der Waals surface area contributed by atoms with Crippen LogP contribution in [0.1, 0.15) is 6.42 Å². The SMILES string of the molecule is O=C1CC(S(=O)(=O)[N+]2([O-])CC2)C(=O)N1O. The molecule has 2 aliphatic heterocycles. The van der Waals surface area contributed by atoms with Crippen molar-refractivity contribution < 1.29 is 27.3 Å². The Balaban J connectivity index is 2.34. The van der Waals surface area contributed by atoms with Gasteiger partial charge in [0.1, 0.15) is 13.1 Å².